The Morgan fingerprint density at radius 3 is 2.36 bits per heavy atom. The SMILES string of the molecule is [C-]#[N+]c1c(F)cc2c(oc3c(-c4cc(C(C)C)cc[n+]4C)c(C)ccc32)c1-c1ccccc1. The molecule has 0 radical (unpaired) electrons. The van der Waals surface area contributed by atoms with Crippen molar-refractivity contribution in [3.63, 3.8) is 0 Å². The van der Waals surface area contributed by atoms with E-state index in [-0.39, 0.29) is 5.69 Å². The number of halogens is 1. The number of fused-ring (bicyclic) bond motifs is 3. The first-order valence-corrected chi connectivity index (χ1v) is 11.0. The van der Waals surface area contributed by atoms with Gasteiger partial charge < -0.3 is 4.42 Å². The quantitative estimate of drug-likeness (QED) is 0.209. The molecule has 0 aliphatic carbocycles. The molecule has 0 saturated heterocycles. The van der Waals surface area contributed by atoms with Crippen molar-refractivity contribution in [3.8, 4) is 22.4 Å². The van der Waals surface area contributed by atoms with Crippen molar-refractivity contribution < 1.29 is 13.4 Å². The molecule has 5 aromatic rings. The molecule has 3 nitrogen and oxygen atoms in total. The van der Waals surface area contributed by atoms with Crippen LogP contribution in [0.25, 0.3) is 49.2 Å². The summed E-state index contributed by atoms with van der Waals surface area (Å²) in [6, 6.07) is 19.2. The van der Waals surface area contributed by atoms with Crippen molar-refractivity contribution in [1.29, 1.82) is 0 Å². The van der Waals surface area contributed by atoms with Crippen molar-refractivity contribution in [1.82, 2.24) is 0 Å². The zero-order valence-corrected chi connectivity index (χ0v) is 19.1. The van der Waals surface area contributed by atoms with E-state index >= 15 is 4.39 Å². The second-order valence-electron chi connectivity index (χ2n) is 8.78. The van der Waals surface area contributed by atoms with Crippen LogP contribution < -0.4 is 4.57 Å². The Morgan fingerprint density at radius 2 is 1.67 bits per heavy atom. The second-order valence-corrected chi connectivity index (χ2v) is 8.78. The molecule has 0 aliphatic rings. The van der Waals surface area contributed by atoms with E-state index in [1.54, 1.807) is 0 Å². The maximum atomic E-state index is 15.1. The van der Waals surface area contributed by atoms with Crippen molar-refractivity contribution >= 4 is 27.6 Å². The molecule has 4 heteroatoms. The molecular weight excluding hydrogens is 411 g/mol. The van der Waals surface area contributed by atoms with E-state index in [0.29, 0.717) is 28.0 Å². The van der Waals surface area contributed by atoms with Gasteiger partial charge in [-0.1, -0.05) is 56.3 Å². The lowest BCUT2D eigenvalue weighted by Gasteiger charge is -2.09. The van der Waals surface area contributed by atoms with E-state index in [0.717, 1.165) is 27.8 Å². The highest BCUT2D eigenvalue weighted by molar-refractivity contribution is 6.15. The third kappa shape index (κ3) is 3.29. The number of furan rings is 1. The first-order valence-electron chi connectivity index (χ1n) is 11.0. The normalized spacial score (nSPS) is 11.4. The number of nitrogens with zero attached hydrogens (tertiary/aromatic N) is 2. The predicted molar refractivity (Wildman–Crippen MR) is 131 cm³/mol. The summed E-state index contributed by atoms with van der Waals surface area (Å²) < 4.78 is 23.7. The van der Waals surface area contributed by atoms with Crippen LogP contribution in [0, 0.1) is 19.3 Å². The molecular formula is C29H24FN2O+. The average Bonchev–Trinajstić information content (AvgIpc) is 3.17. The Balaban J connectivity index is 1.93. The zero-order valence-electron chi connectivity index (χ0n) is 19.1. The molecule has 0 saturated carbocycles. The molecule has 0 atom stereocenters. The van der Waals surface area contributed by atoms with Gasteiger partial charge in [0.1, 0.15) is 24.0 Å². The van der Waals surface area contributed by atoms with Crippen LogP contribution in [0.2, 0.25) is 0 Å². The Bertz CT molecular complexity index is 1570. The summed E-state index contributed by atoms with van der Waals surface area (Å²) in [6.07, 6.45) is 2.07. The van der Waals surface area contributed by atoms with Gasteiger partial charge in [0.15, 0.2) is 6.20 Å². The van der Waals surface area contributed by atoms with E-state index in [1.807, 2.05) is 43.4 Å². The summed E-state index contributed by atoms with van der Waals surface area (Å²) in [5.41, 5.74) is 6.83. The Morgan fingerprint density at radius 1 is 0.939 bits per heavy atom. The van der Waals surface area contributed by atoms with Crippen LogP contribution in [0.5, 0.6) is 0 Å². The molecule has 3 aromatic carbocycles. The fraction of sp³-hybridized carbons (Fsp3) is 0.172. The molecule has 162 valence electrons. The summed E-state index contributed by atoms with van der Waals surface area (Å²) in [4.78, 5) is 3.52. The van der Waals surface area contributed by atoms with Crippen molar-refractivity contribution in [2.75, 3.05) is 0 Å². The molecule has 0 spiro atoms. The maximum absolute atomic E-state index is 15.1. The highest BCUT2D eigenvalue weighted by atomic mass is 19.1. The van der Waals surface area contributed by atoms with E-state index < -0.39 is 5.82 Å². The van der Waals surface area contributed by atoms with Crippen molar-refractivity contribution in [2.45, 2.75) is 26.7 Å². The van der Waals surface area contributed by atoms with Crippen molar-refractivity contribution in [2.24, 2.45) is 7.05 Å². The third-order valence-corrected chi connectivity index (χ3v) is 6.34. The van der Waals surface area contributed by atoms with Crippen molar-refractivity contribution in [3.05, 3.63) is 95.2 Å². The monoisotopic (exact) mass is 435 g/mol. The van der Waals surface area contributed by atoms with Crippen LogP contribution in [0.3, 0.4) is 0 Å². The number of rotatable bonds is 3. The highest BCUT2D eigenvalue weighted by Gasteiger charge is 2.25. The highest BCUT2D eigenvalue weighted by Crippen LogP contribution is 2.45. The van der Waals surface area contributed by atoms with Gasteiger partial charge in [0.2, 0.25) is 11.4 Å². The smallest absolute Gasteiger partial charge is 0.233 e. The summed E-state index contributed by atoms with van der Waals surface area (Å²) >= 11 is 0. The van der Waals surface area contributed by atoms with Gasteiger partial charge in [0.05, 0.1) is 12.1 Å². The summed E-state index contributed by atoms with van der Waals surface area (Å²) in [5, 5.41) is 1.52. The Labute approximate surface area is 192 Å². The molecule has 0 fully saturated rings. The van der Waals surface area contributed by atoms with Crippen LogP contribution in [0.1, 0.15) is 30.9 Å². The summed E-state index contributed by atoms with van der Waals surface area (Å²) in [6.45, 7) is 14.0. The van der Waals surface area contributed by atoms with Gasteiger partial charge in [-0.15, -0.1) is 0 Å². The van der Waals surface area contributed by atoms with E-state index in [4.69, 9.17) is 11.0 Å². The van der Waals surface area contributed by atoms with Crippen LogP contribution in [0.4, 0.5) is 10.1 Å². The first kappa shape index (κ1) is 20.9. The fourth-order valence-electron chi connectivity index (χ4n) is 4.52. The van der Waals surface area contributed by atoms with E-state index in [9.17, 15) is 0 Å². The minimum atomic E-state index is -0.534. The summed E-state index contributed by atoms with van der Waals surface area (Å²) in [5.74, 6) is -0.145. The number of aromatic nitrogens is 1. The third-order valence-electron chi connectivity index (χ3n) is 6.34. The number of aryl methyl sites for hydroxylation is 2. The number of pyridine rings is 1. The molecule has 0 amide bonds. The van der Waals surface area contributed by atoms with E-state index in [1.165, 1.54) is 11.6 Å². The minimum absolute atomic E-state index is 0.0154. The predicted octanol–water partition coefficient (Wildman–Crippen LogP) is 7.87. The van der Waals surface area contributed by atoms with Crippen LogP contribution in [-0.2, 0) is 7.05 Å². The van der Waals surface area contributed by atoms with Gasteiger partial charge in [0, 0.05) is 28.5 Å². The van der Waals surface area contributed by atoms with Gasteiger partial charge in [-0.05, 0) is 35.6 Å². The molecule has 0 N–H and O–H groups in total. The molecule has 2 aromatic heterocycles. The lowest BCUT2D eigenvalue weighted by molar-refractivity contribution is -0.660. The van der Waals surface area contributed by atoms with Gasteiger partial charge in [-0.3, -0.25) is 0 Å². The summed E-state index contributed by atoms with van der Waals surface area (Å²) in [7, 11) is 2.02. The zero-order chi connectivity index (χ0) is 23.3. The van der Waals surface area contributed by atoms with Gasteiger partial charge in [0.25, 0.3) is 0 Å². The van der Waals surface area contributed by atoms with E-state index in [2.05, 4.69) is 54.6 Å². The second kappa shape index (κ2) is 7.86. The van der Waals surface area contributed by atoms with Crippen LogP contribution in [-0.4, -0.2) is 0 Å². The Hall–Kier alpha value is -3.97. The largest absolute Gasteiger partial charge is 0.456 e. The maximum Gasteiger partial charge on any atom is 0.233 e. The van der Waals surface area contributed by atoms with Gasteiger partial charge in [-0.2, -0.15) is 0 Å². The first-order chi connectivity index (χ1) is 15.9. The lowest BCUT2D eigenvalue weighted by Crippen LogP contribution is -2.31. The Kier molecular flexibility index (Phi) is 4.98. The number of hydrogen-bond donors (Lipinski definition) is 0. The minimum Gasteiger partial charge on any atom is -0.456 e. The molecule has 2 heterocycles. The van der Waals surface area contributed by atoms with Crippen LogP contribution in [0.15, 0.2) is 71.3 Å². The molecule has 0 bridgehead atoms. The fourth-order valence-corrected chi connectivity index (χ4v) is 4.52. The van der Waals surface area contributed by atoms with Gasteiger partial charge in [-0.25, -0.2) is 13.8 Å². The lowest BCUT2D eigenvalue weighted by atomic mass is 9.96. The van der Waals surface area contributed by atoms with Gasteiger partial charge >= 0.3 is 0 Å². The number of hydrogen-bond acceptors (Lipinski definition) is 1. The topological polar surface area (TPSA) is 21.4 Å². The average molecular weight is 436 g/mol. The van der Waals surface area contributed by atoms with Crippen LogP contribution >= 0.6 is 0 Å². The number of benzene rings is 3. The molecule has 0 unspecified atom stereocenters. The standard InChI is InChI=1S/C29H24FN2O/c1-17(2)20-13-14-32(5)24(15-20)25-18(3)11-12-21-22-16-23(30)27(31-4)26(29(22)33-28(21)25)19-9-7-6-8-10-19/h6-17H,1-3,5H3/q+1. The molecule has 0 aliphatic heterocycles. The molecule has 5 rings (SSSR count). The molecule has 33 heavy (non-hydrogen) atoms.